The first kappa shape index (κ1) is 7.32. The van der Waals surface area contributed by atoms with Crippen LogP contribution < -0.4 is 0 Å². The fourth-order valence-corrected chi connectivity index (χ4v) is 1.51. The van der Waals surface area contributed by atoms with Crippen molar-refractivity contribution in [3.63, 3.8) is 0 Å². The molecule has 0 amide bonds. The molecule has 0 aliphatic heterocycles. The summed E-state index contributed by atoms with van der Waals surface area (Å²) >= 11 is 0. The normalized spacial score (nSPS) is 10.9. The zero-order valence-corrected chi connectivity index (χ0v) is 7.38. The fraction of sp³-hybridized carbons (Fsp3) is 0. The Morgan fingerprint density at radius 3 is 3.07 bits per heavy atom. The Balaban J connectivity index is 2.23. The maximum absolute atomic E-state index is 4.13. The third-order valence-electron chi connectivity index (χ3n) is 2.23. The van der Waals surface area contributed by atoms with Crippen LogP contribution in [0.25, 0.3) is 16.6 Å². The average Bonchev–Trinajstić information content (AvgIpc) is 2.88. The number of fused-ring (bicyclic) bond motifs is 1. The summed E-state index contributed by atoms with van der Waals surface area (Å²) in [6, 6.07) is 6.08. The maximum atomic E-state index is 4.13. The van der Waals surface area contributed by atoms with E-state index in [1.807, 2.05) is 35.2 Å². The van der Waals surface area contributed by atoms with Crippen molar-refractivity contribution < 1.29 is 0 Å². The number of nitrogens with zero attached hydrogens (tertiary/aromatic N) is 3. The standard InChI is InChI=1S/C10H8N4/c1-3-13-14-4-2-8(5-10(1)14)9-6-11-12-7-9/h1-7H,(H,11,12). The molecule has 14 heavy (non-hydrogen) atoms. The van der Waals surface area contributed by atoms with Gasteiger partial charge < -0.3 is 0 Å². The molecule has 0 spiro atoms. The van der Waals surface area contributed by atoms with Crippen molar-refractivity contribution in [1.82, 2.24) is 19.8 Å². The van der Waals surface area contributed by atoms with Gasteiger partial charge in [0.2, 0.25) is 0 Å². The number of pyridine rings is 1. The van der Waals surface area contributed by atoms with Crippen LogP contribution in [0.3, 0.4) is 0 Å². The first-order valence-electron chi connectivity index (χ1n) is 4.36. The number of H-pyrrole nitrogens is 1. The van der Waals surface area contributed by atoms with Crippen LogP contribution in [0.2, 0.25) is 0 Å². The van der Waals surface area contributed by atoms with E-state index in [0.717, 1.165) is 16.6 Å². The minimum Gasteiger partial charge on any atom is -0.285 e. The zero-order valence-electron chi connectivity index (χ0n) is 7.38. The fourth-order valence-electron chi connectivity index (χ4n) is 1.51. The van der Waals surface area contributed by atoms with Crippen molar-refractivity contribution in [2.75, 3.05) is 0 Å². The summed E-state index contributed by atoms with van der Waals surface area (Å²) in [5.41, 5.74) is 3.32. The maximum Gasteiger partial charge on any atom is 0.0667 e. The number of hydrogen-bond donors (Lipinski definition) is 1. The second-order valence-electron chi connectivity index (χ2n) is 3.10. The van der Waals surface area contributed by atoms with Crippen LogP contribution in [0, 0.1) is 0 Å². The molecule has 0 saturated carbocycles. The van der Waals surface area contributed by atoms with Gasteiger partial charge in [-0.2, -0.15) is 10.2 Å². The summed E-state index contributed by atoms with van der Waals surface area (Å²) in [5, 5.41) is 10.9. The summed E-state index contributed by atoms with van der Waals surface area (Å²) in [7, 11) is 0. The molecule has 0 aliphatic rings. The van der Waals surface area contributed by atoms with Gasteiger partial charge in [-0.15, -0.1) is 0 Å². The molecule has 0 atom stereocenters. The highest BCUT2D eigenvalue weighted by molar-refractivity contribution is 5.67. The number of nitrogens with one attached hydrogen (secondary N) is 1. The van der Waals surface area contributed by atoms with Gasteiger partial charge in [0.25, 0.3) is 0 Å². The van der Waals surface area contributed by atoms with Crippen molar-refractivity contribution >= 4 is 5.52 Å². The third kappa shape index (κ3) is 1.01. The topological polar surface area (TPSA) is 46.0 Å². The lowest BCUT2D eigenvalue weighted by molar-refractivity contribution is 0.962. The van der Waals surface area contributed by atoms with E-state index in [2.05, 4.69) is 21.4 Å². The minimum atomic E-state index is 1.09. The Labute approximate surface area is 80.2 Å². The van der Waals surface area contributed by atoms with Gasteiger partial charge in [-0.05, 0) is 23.8 Å². The second-order valence-corrected chi connectivity index (χ2v) is 3.10. The van der Waals surface area contributed by atoms with Crippen molar-refractivity contribution in [2.24, 2.45) is 0 Å². The van der Waals surface area contributed by atoms with E-state index in [9.17, 15) is 0 Å². The molecule has 1 N–H and O–H groups in total. The number of aromatic nitrogens is 4. The van der Waals surface area contributed by atoms with Crippen molar-refractivity contribution in [1.29, 1.82) is 0 Å². The van der Waals surface area contributed by atoms with Crippen LogP contribution in [0.4, 0.5) is 0 Å². The second kappa shape index (κ2) is 2.70. The van der Waals surface area contributed by atoms with Crippen LogP contribution in [-0.2, 0) is 0 Å². The molecule has 0 aliphatic carbocycles. The predicted octanol–water partition coefficient (Wildman–Crippen LogP) is 1.72. The number of hydrogen-bond acceptors (Lipinski definition) is 2. The summed E-state index contributed by atoms with van der Waals surface area (Å²) in [4.78, 5) is 0. The molecular formula is C10H8N4. The molecule has 3 aromatic rings. The van der Waals surface area contributed by atoms with Gasteiger partial charge in [0, 0.05) is 24.2 Å². The highest BCUT2D eigenvalue weighted by Gasteiger charge is 2.00. The van der Waals surface area contributed by atoms with Gasteiger partial charge in [-0.25, -0.2) is 4.52 Å². The molecule has 4 heteroatoms. The monoisotopic (exact) mass is 184 g/mol. The van der Waals surface area contributed by atoms with Crippen molar-refractivity contribution in [3.8, 4) is 11.1 Å². The summed E-state index contributed by atoms with van der Waals surface area (Å²) in [6.07, 6.45) is 7.41. The van der Waals surface area contributed by atoms with Gasteiger partial charge >= 0.3 is 0 Å². The van der Waals surface area contributed by atoms with E-state index < -0.39 is 0 Å². The predicted molar refractivity (Wildman–Crippen MR) is 52.8 cm³/mol. The van der Waals surface area contributed by atoms with E-state index in [-0.39, 0.29) is 0 Å². The third-order valence-corrected chi connectivity index (χ3v) is 2.23. The molecule has 0 fully saturated rings. The van der Waals surface area contributed by atoms with Crippen molar-refractivity contribution in [2.45, 2.75) is 0 Å². The van der Waals surface area contributed by atoms with E-state index in [1.165, 1.54) is 0 Å². The Hall–Kier alpha value is -2.10. The summed E-state index contributed by atoms with van der Waals surface area (Å²) in [6.45, 7) is 0. The van der Waals surface area contributed by atoms with E-state index >= 15 is 0 Å². The van der Waals surface area contributed by atoms with Gasteiger partial charge in [0.15, 0.2) is 0 Å². The Morgan fingerprint density at radius 1 is 1.21 bits per heavy atom. The van der Waals surface area contributed by atoms with E-state index in [0.29, 0.717) is 0 Å². The van der Waals surface area contributed by atoms with Gasteiger partial charge in [0.1, 0.15) is 0 Å². The molecule has 0 unspecified atom stereocenters. The molecule has 0 aromatic carbocycles. The highest BCUT2D eigenvalue weighted by atomic mass is 15.2. The van der Waals surface area contributed by atoms with Gasteiger partial charge in [-0.1, -0.05) is 0 Å². The smallest absolute Gasteiger partial charge is 0.0667 e. The summed E-state index contributed by atoms with van der Waals surface area (Å²) < 4.78 is 1.84. The van der Waals surface area contributed by atoms with Gasteiger partial charge in [0.05, 0.1) is 11.7 Å². The Morgan fingerprint density at radius 2 is 2.21 bits per heavy atom. The SMILES string of the molecule is c1cc2cc(-c3cn[nH]c3)ccn2n1. The highest BCUT2D eigenvalue weighted by Crippen LogP contribution is 2.18. The zero-order chi connectivity index (χ0) is 9.38. The lowest BCUT2D eigenvalue weighted by Crippen LogP contribution is -1.85. The van der Waals surface area contributed by atoms with Crippen LogP contribution in [-0.4, -0.2) is 19.8 Å². The van der Waals surface area contributed by atoms with Crippen molar-refractivity contribution in [3.05, 3.63) is 43.0 Å². The average molecular weight is 184 g/mol. The molecular weight excluding hydrogens is 176 g/mol. The Bertz CT molecular complexity index is 550. The largest absolute Gasteiger partial charge is 0.285 e. The summed E-state index contributed by atoms with van der Waals surface area (Å²) in [5.74, 6) is 0. The Kier molecular flexibility index (Phi) is 1.41. The minimum absolute atomic E-state index is 1.09. The molecule has 3 rings (SSSR count). The first-order chi connectivity index (χ1) is 6.93. The molecule has 3 aromatic heterocycles. The van der Waals surface area contributed by atoms with E-state index in [1.54, 1.807) is 6.20 Å². The van der Waals surface area contributed by atoms with Crippen LogP contribution in [0.1, 0.15) is 0 Å². The molecule has 0 bridgehead atoms. The number of aromatic amines is 1. The van der Waals surface area contributed by atoms with Crippen LogP contribution >= 0.6 is 0 Å². The van der Waals surface area contributed by atoms with Gasteiger partial charge in [-0.3, -0.25) is 5.10 Å². The van der Waals surface area contributed by atoms with Crippen LogP contribution in [0.15, 0.2) is 43.0 Å². The van der Waals surface area contributed by atoms with Crippen LogP contribution in [0.5, 0.6) is 0 Å². The lowest BCUT2D eigenvalue weighted by Gasteiger charge is -1.97. The quantitative estimate of drug-likeness (QED) is 0.626. The lowest BCUT2D eigenvalue weighted by atomic mass is 10.1. The molecule has 3 heterocycles. The molecule has 0 radical (unpaired) electrons. The number of rotatable bonds is 1. The first-order valence-corrected chi connectivity index (χ1v) is 4.36. The molecule has 0 saturated heterocycles. The molecule has 4 nitrogen and oxygen atoms in total. The van der Waals surface area contributed by atoms with E-state index in [4.69, 9.17) is 0 Å². The molecule has 68 valence electrons.